The third-order valence-corrected chi connectivity index (χ3v) is 3.89. The molecule has 0 amide bonds. The van der Waals surface area contributed by atoms with Crippen molar-refractivity contribution in [3.63, 3.8) is 0 Å². The van der Waals surface area contributed by atoms with E-state index in [1.165, 1.54) is 22.9 Å². The van der Waals surface area contributed by atoms with Crippen LogP contribution in [0.4, 0.5) is 0 Å². The number of aryl methyl sites for hydroxylation is 2. The van der Waals surface area contributed by atoms with Crippen LogP contribution >= 0.6 is 11.8 Å². The van der Waals surface area contributed by atoms with E-state index in [1.807, 2.05) is 19.1 Å². The summed E-state index contributed by atoms with van der Waals surface area (Å²) in [6.07, 6.45) is 0.909. The van der Waals surface area contributed by atoms with Crippen LogP contribution < -0.4 is 10.4 Å². The molecular weight excluding hydrogens is 286 g/mol. The van der Waals surface area contributed by atoms with Crippen LogP contribution in [0.15, 0.2) is 28.2 Å². The molecule has 0 bridgehead atoms. The Bertz CT molecular complexity index is 628. The van der Waals surface area contributed by atoms with Crippen LogP contribution in [-0.4, -0.2) is 27.1 Å². The van der Waals surface area contributed by atoms with E-state index in [2.05, 4.69) is 30.1 Å². The van der Waals surface area contributed by atoms with E-state index in [1.54, 1.807) is 4.57 Å². The molecule has 1 N–H and O–H groups in total. The first kappa shape index (κ1) is 15.7. The van der Waals surface area contributed by atoms with Crippen molar-refractivity contribution in [2.45, 2.75) is 38.9 Å². The van der Waals surface area contributed by atoms with Crippen molar-refractivity contribution in [1.82, 2.24) is 14.8 Å². The number of aromatic amines is 1. The molecule has 1 aromatic heterocycles. The maximum Gasteiger partial charge on any atom is 0.343 e. The van der Waals surface area contributed by atoms with E-state index < -0.39 is 0 Å². The summed E-state index contributed by atoms with van der Waals surface area (Å²) in [5.74, 6) is 1.64. The van der Waals surface area contributed by atoms with Gasteiger partial charge in [0.15, 0.2) is 5.16 Å². The van der Waals surface area contributed by atoms with Crippen LogP contribution in [0.5, 0.6) is 5.75 Å². The van der Waals surface area contributed by atoms with E-state index in [-0.39, 0.29) is 5.69 Å². The highest BCUT2D eigenvalue weighted by Gasteiger charge is 2.07. The van der Waals surface area contributed by atoms with Gasteiger partial charge in [0, 0.05) is 12.3 Å². The second-order valence-corrected chi connectivity index (χ2v) is 6.05. The fourth-order valence-electron chi connectivity index (χ4n) is 2.14. The minimum Gasteiger partial charge on any atom is -0.493 e. The SMILES string of the molecule is CCCn1c(SCCOc2cc(C)cc(C)c2)n[nH]c1=O. The lowest BCUT2D eigenvalue weighted by atomic mass is 10.1. The quantitative estimate of drug-likeness (QED) is 0.631. The van der Waals surface area contributed by atoms with Gasteiger partial charge in [0.2, 0.25) is 0 Å². The largest absolute Gasteiger partial charge is 0.493 e. The maximum absolute atomic E-state index is 11.6. The van der Waals surface area contributed by atoms with Crippen LogP contribution in [0.2, 0.25) is 0 Å². The Kier molecular flexibility index (Phi) is 5.50. The lowest BCUT2D eigenvalue weighted by molar-refractivity contribution is 0.343. The molecule has 6 heteroatoms. The second kappa shape index (κ2) is 7.36. The van der Waals surface area contributed by atoms with E-state index in [0.29, 0.717) is 13.2 Å². The Morgan fingerprint density at radius 1 is 1.29 bits per heavy atom. The summed E-state index contributed by atoms with van der Waals surface area (Å²) >= 11 is 1.53. The van der Waals surface area contributed by atoms with Gasteiger partial charge in [-0.2, -0.15) is 0 Å². The predicted molar refractivity (Wildman–Crippen MR) is 85.3 cm³/mol. The summed E-state index contributed by atoms with van der Waals surface area (Å²) in [6, 6.07) is 6.17. The molecule has 0 fully saturated rings. The summed E-state index contributed by atoms with van der Waals surface area (Å²) in [4.78, 5) is 11.6. The molecule has 1 aromatic carbocycles. The predicted octanol–water partition coefficient (Wildman–Crippen LogP) is 2.77. The number of nitrogens with zero attached hydrogens (tertiary/aromatic N) is 2. The van der Waals surface area contributed by atoms with Gasteiger partial charge in [-0.3, -0.25) is 4.57 Å². The van der Waals surface area contributed by atoms with Crippen molar-refractivity contribution in [2.75, 3.05) is 12.4 Å². The topological polar surface area (TPSA) is 59.9 Å². The Balaban J connectivity index is 1.86. The van der Waals surface area contributed by atoms with Crippen molar-refractivity contribution in [2.24, 2.45) is 0 Å². The maximum atomic E-state index is 11.6. The van der Waals surface area contributed by atoms with Crippen molar-refractivity contribution in [1.29, 1.82) is 0 Å². The zero-order chi connectivity index (χ0) is 15.2. The highest BCUT2D eigenvalue weighted by Crippen LogP contribution is 2.18. The molecule has 2 aromatic rings. The molecule has 0 aliphatic rings. The third-order valence-electron chi connectivity index (χ3n) is 2.95. The summed E-state index contributed by atoms with van der Waals surface area (Å²) in [5, 5.41) is 7.26. The molecule has 0 radical (unpaired) electrons. The Hall–Kier alpha value is -1.69. The average molecular weight is 307 g/mol. The zero-order valence-corrected chi connectivity index (χ0v) is 13.5. The van der Waals surface area contributed by atoms with Gasteiger partial charge < -0.3 is 4.74 Å². The Labute approximate surface area is 128 Å². The molecule has 0 atom stereocenters. The first-order valence-corrected chi connectivity index (χ1v) is 8.08. The van der Waals surface area contributed by atoms with Crippen LogP contribution in [0, 0.1) is 13.8 Å². The van der Waals surface area contributed by atoms with E-state index in [4.69, 9.17) is 4.74 Å². The van der Waals surface area contributed by atoms with Crippen LogP contribution in [0.1, 0.15) is 24.5 Å². The Morgan fingerprint density at radius 2 is 2.00 bits per heavy atom. The number of thioether (sulfide) groups is 1. The summed E-state index contributed by atoms with van der Waals surface area (Å²) in [6.45, 7) is 7.43. The van der Waals surface area contributed by atoms with Gasteiger partial charge in [0.1, 0.15) is 5.75 Å². The summed E-state index contributed by atoms with van der Waals surface area (Å²) in [7, 11) is 0. The number of rotatable bonds is 7. The van der Waals surface area contributed by atoms with Crippen molar-refractivity contribution >= 4 is 11.8 Å². The van der Waals surface area contributed by atoms with Crippen molar-refractivity contribution in [3.8, 4) is 5.75 Å². The van der Waals surface area contributed by atoms with Gasteiger partial charge in [-0.1, -0.05) is 24.8 Å². The summed E-state index contributed by atoms with van der Waals surface area (Å²) in [5.41, 5.74) is 2.25. The molecule has 5 nitrogen and oxygen atoms in total. The molecule has 2 rings (SSSR count). The van der Waals surface area contributed by atoms with E-state index >= 15 is 0 Å². The number of ether oxygens (including phenoxy) is 1. The number of nitrogens with one attached hydrogen (secondary N) is 1. The molecule has 0 unspecified atom stereocenters. The molecule has 0 saturated heterocycles. The normalized spacial score (nSPS) is 10.8. The Morgan fingerprint density at radius 3 is 2.67 bits per heavy atom. The third kappa shape index (κ3) is 4.39. The lowest BCUT2D eigenvalue weighted by Crippen LogP contribution is -2.17. The molecule has 0 aliphatic carbocycles. The van der Waals surface area contributed by atoms with Crippen LogP contribution in [-0.2, 0) is 6.54 Å². The van der Waals surface area contributed by atoms with Gasteiger partial charge in [-0.05, 0) is 43.5 Å². The van der Waals surface area contributed by atoms with Gasteiger partial charge >= 0.3 is 5.69 Å². The number of hydrogen-bond donors (Lipinski definition) is 1. The smallest absolute Gasteiger partial charge is 0.343 e. The minimum atomic E-state index is -0.144. The number of benzene rings is 1. The van der Waals surface area contributed by atoms with Gasteiger partial charge in [-0.25, -0.2) is 9.89 Å². The lowest BCUT2D eigenvalue weighted by Gasteiger charge is -2.08. The van der Waals surface area contributed by atoms with Gasteiger partial charge in [0.05, 0.1) is 6.61 Å². The zero-order valence-electron chi connectivity index (χ0n) is 12.7. The second-order valence-electron chi connectivity index (χ2n) is 4.98. The molecule has 0 spiro atoms. The standard InChI is InChI=1S/C15H21N3O2S/c1-4-5-18-14(19)16-17-15(18)21-7-6-20-13-9-11(2)8-12(3)10-13/h8-10H,4-7H2,1-3H3,(H,16,19). The van der Waals surface area contributed by atoms with Crippen molar-refractivity contribution < 1.29 is 4.74 Å². The van der Waals surface area contributed by atoms with E-state index in [9.17, 15) is 4.79 Å². The molecule has 0 saturated carbocycles. The molecule has 114 valence electrons. The first-order valence-electron chi connectivity index (χ1n) is 7.09. The summed E-state index contributed by atoms with van der Waals surface area (Å²) < 4.78 is 7.42. The first-order chi connectivity index (χ1) is 10.1. The fourth-order valence-corrected chi connectivity index (χ4v) is 2.93. The fraction of sp³-hybridized carbons (Fsp3) is 0.467. The number of hydrogen-bond acceptors (Lipinski definition) is 4. The monoisotopic (exact) mass is 307 g/mol. The average Bonchev–Trinajstić information content (AvgIpc) is 2.76. The van der Waals surface area contributed by atoms with Gasteiger partial charge in [-0.15, -0.1) is 5.10 Å². The van der Waals surface area contributed by atoms with Crippen LogP contribution in [0.25, 0.3) is 0 Å². The highest BCUT2D eigenvalue weighted by molar-refractivity contribution is 7.99. The number of aromatic nitrogens is 3. The molecule has 21 heavy (non-hydrogen) atoms. The molecular formula is C15H21N3O2S. The number of H-pyrrole nitrogens is 1. The van der Waals surface area contributed by atoms with Crippen molar-refractivity contribution in [3.05, 3.63) is 39.8 Å². The minimum absolute atomic E-state index is 0.144. The van der Waals surface area contributed by atoms with Gasteiger partial charge in [0.25, 0.3) is 0 Å². The highest BCUT2D eigenvalue weighted by atomic mass is 32.2. The molecule has 0 aliphatic heterocycles. The van der Waals surface area contributed by atoms with Crippen LogP contribution in [0.3, 0.4) is 0 Å². The molecule has 1 heterocycles. The van der Waals surface area contributed by atoms with E-state index in [0.717, 1.165) is 23.1 Å².